The Labute approximate surface area is 280 Å². The van der Waals surface area contributed by atoms with Gasteiger partial charge in [0.1, 0.15) is 11.5 Å². The van der Waals surface area contributed by atoms with Crippen molar-refractivity contribution in [2.24, 2.45) is 29.6 Å². The molecule has 50 heavy (non-hydrogen) atoms. The van der Waals surface area contributed by atoms with Crippen LogP contribution in [0.3, 0.4) is 0 Å². The number of ether oxygens (including phenoxy) is 1. The van der Waals surface area contributed by atoms with E-state index in [1.165, 1.54) is 48.5 Å². The number of anilines is 2. The Morgan fingerprint density at radius 2 is 1.22 bits per heavy atom. The number of nitrogens with zero attached hydrogens (tertiary/aromatic N) is 2. The summed E-state index contributed by atoms with van der Waals surface area (Å²) in [5.74, 6) is -12.7. The second-order valence-electron chi connectivity index (χ2n) is 12.5. The van der Waals surface area contributed by atoms with Crippen LogP contribution in [0.2, 0.25) is 0 Å². The van der Waals surface area contributed by atoms with Crippen LogP contribution >= 0.6 is 0 Å². The fourth-order valence-corrected chi connectivity index (χ4v) is 7.93. The van der Waals surface area contributed by atoms with Crippen molar-refractivity contribution in [3.05, 3.63) is 95.1 Å². The van der Waals surface area contributed by atoms with E-state index in [0.717, 1.165) is 28.0 Å². The van der Waals surface area contributed by atoms with E-state index in [2.05, 4.69) is 4.74 Å². The number of rotatable bonds is 6. The molecule has 6 atom stereocenters. The van der Waals surface area contributed by atoms with Gasteiger partial charge in [0.05, 0.1) is 46.2 Å². The van der Waals surface area contributed by atoms with Crippen LogP contribution < -0.4 is 14.5 Å². The number of amides is 4. The molecular formula is C35H25F3N2O10. The Balaban J connectivity index is 1.33. The van der Waals surface area contributed by atoms with Crippen molar-refractivity contribution in [3.8, 4) is 11.5 Å². The van der Waals surface area contributed by atoms with E-state index in [1.54, 1.807) is 6.08 Å². The zero-order valence-electron chi connectivity index (χ0n) is 25.5. The van der Waals surface area contributed by atoms with Gasteiger partial charge in [-0.3, -0.25) is 29.0 Å². The SMILES string of the molecule is O=C(O)c1ccc(N2C(=O)[C@H]3[C@H](CC=C4[C@H]3C[C@H]3C(=O)N(c5ccc(C(=O)O)cc5)C(=O)[C@H]3[C@H]4c3cc(OC(F)(F)F)ccc3O)C2=O)cc1. The summed E-state index contributed by atoms with van der Waals surface area (Å²) in [6, 6.07) is 12.9. The average molecular weight is 691 g/mol. The van der Waals surface area contributed by atoms with Gasteiger partial charge >= 0.3 is 18.3 Å². The molecule has 2 aliphatic carbocycles. The lowest BCUT2D eigenvalue weighted by molar-refractivity contribution is -0.274. The molecule has 0 spiro atoms. The molecule has 7 rings (SSSR count). The normalized spacial score (nSPS) is 25.9. The molecule has 0 unspecified atom stereocenters. The molecule has 0 bridgehead atoms. The third-order valence-corrected chi connectivity index (χ3v) is 9.96. The quantitative estimate of drug-likeness (QED) is 0.242. The van der Waals surface area contributed by atoms with E-state index in [1.807, 2.05) is 0 Å². The Morgan fingerprint density at radius 1 is 0.700 bits per heavy atom. The third kappa shape index (κ3) is 5.16. The van der Waals surface area contributed by atoms with Crippen LogP contribution in [0.15, 0.2) is 78.4 Å². The van der Waals surface area contributed by atoms with E-state index >= 15 is 0 Å². The van der Waals surface area contributed by atoms with Gasteiger partial charge in [-0.25, -0.2) is 9.59 Å². The summed E-state index contributed by atoms with van der Waals surface area (Å²) < 4.78 is 43.9. The highest BCUT2D eigenvalue weighted by Gasteiger charge is 2.62. The Morgan fingerprint density at radius 3 is 1.74 bits per heavy atom. The first-order valence-corrected chi connectivity index (χ1v) is 15.4. The molecule has 256 valence electrons. The summed E-state index contributed by atoms with van der Waals surface area (Å²) in [6.07, 6.45) is -3.55. The molecule has 12 nitrogen and oxygen atoms in total. The first-order valence-electron chi connectivity index (χ1n) is 15.4. The van der Waals surface area contributed by atoms with Crippen molar-refractivity contribution in [2.45, 2.75) is 25.1 Å². The predicted octanol–water partition coefficient (Wildman–Crippen LogP) is 4.73. The predicted molar refractivity (Wildman–Crippen MR) is 164 cm³/mol. The summed E-state index contributed by atoms with van der Waals surface area (Å²) >= 11 is 0. The number of aromatic hydroxyl groups is 1. The minimum absolute atomic E-state index is 0.000670. The summed E-state index contributed by atoms with van der Waals surface area (Å²) in [5, 5.41) is 29.6. The Bertz CT molecular complexity index is 2030. The average Bonchev–Trinajstić information content (AvgIpc) is 3.47. The fourth-order valence-electron chi connectivity index (χ4n) is 7.93. The second kappa shape index (κ2) is 11.6. The maximum absolute atomic E-state index is 14.2. The van der Waals surface area contributed by atoms with Crippen LogP contribution in [0.4, 0.5) is 24.5 Å². The molecule has 0 radical (unpaired) electrons. The number of carbonyl (C=O) groups is 6. The molecule has 0 aromatic heterocycles. The summed E-state index contributed by atoms with van der Waals surface area (Å²) in [5.41, 5.74) is 0.235. The zero-order chi connectivity index (χ0) is 35.8. The van der Waals surface area contributed by atoms with Crippen molar-refractivity contribution in [2.75, 3.05) is 9.80 Å². The summed E-state index contributed by atoms with van der Waals surface area (Å²) in [6.45, 7) is 0. The first-order chi connectivity index (χ1) is 23.7. The highest BCUT2D eigenvalue weighted by molar-refractivity contribution is 6.24. The number of allylic oxidation sites excluding steroid dienone is 2. The van der Waals surface area contributed by atoms with Crippen molar-refractivity contribution in [1.82, 2.24) is 0 Å². The van der Waals surface area contributed by atoms with Crippen LogP contribution in [0.1, 0.15) is 45.0 Å². The van der Waals surface area contributed by atoms with Gasteiger partial charge in [-0.2, -0.15) is 0 Å². The van der Waals surface area contributed by atoms with Crippen LogP contribution in [0, 0.1) is 29.6 Å². The fraction of sp³-hybridized carbons (Fsp3) is 0.257. The van der Waals surface area contributed by atoms with Gasteiger partial charge in [0, 0.05) is 11.5 Å². The standard InChI is InChI=1S/C35H25F3N2O10/c36-35(37,38)50-19-9-12-25(41)23(13-19)26-20-10-11-21-27(31(44)39(29(21)42)17-5-1-15(2-6-17)33(46)47)22(20)14-24-28(26)32(45)40(30(24)43)18-7-3-16(4-8-18)34(48)49/h1-10,12-13,21-22,24,26-28,41H,11,14H2,(H,46,47)(H,48,49)/t21-,22+,24+,26+,27-,28+/m0/s1. The maximum atomic E-state index is 14.2. The van der Waals surface area contributed by atoms with Gasteiger partial charge in [-0.05, 0) is 85.5 Å². The number of carbonyl (C=O) groups excluding carboxylic acids is 4. The molecule has 3 aromatic carbocycles. The van der Waals surface area contributed by atoms with Crippen molar-refractivity contribution in [1.29, 1.82) is 0 Å². The highest BCUT2D eigenvalue weighted by atomic mass is 19.4. The zero-order valence-corrected chi connectivity index (χ0v) is 25.5. The third-order valence-electron chi connectivity index (χ3n) is 9.96. The molecule has 4 aliphatic rings. The largest absolute Gasteiger partial charge is 0.573 e. The van der Waals surface area contributed by atoms with Crippen LogP contribution in [0.25, 0.3) is 0 Å². The van der Waals surface area contributed by atoms with Crippen molar-refractivity contribution in [3.63, 3.8) is 0 Å². The number of hydrogen-bond donors (Lipinski definition) is 3. The number of carboxylic acid groups (broad SMARTS) is 2. The molecule has 2 heterocycles. The monoisotopic (exact) mass is 690 g/mol. The number of carboxylic acids is 2. The second-order valence-corrected chi connectivity index (χ2v) is 12.5. The number of fused-ring (bicyclic) bond motifs is 4. The minimum atomic E-state index is -5.09. The molecule has 4 amide bonds. The number of alkyl halides is 3. The first kappa shape index (κ1) is 32.6. The lowest BCUT2D eigenvalue weighted by Crippen LogP contribution is -2.43. The Kier molecular flexibility index (Phi) is 7.53. The van der Waals surface area contributed by atoms with E-state index < -0.39 is 88.9 Å². The van der Waals surface area contributed by atoms with Gasteiger partial charge in [-0.1, -0.05) is 11.6 Å². The summed E-state index contributed by atoms with van der Waals surface area (Å²) in [4.78, 5) is 80.7. The van der Waals surface area contributed by atoms with Gasteiger partial charge in [0.25, 0.3) is 0 Å². The number of hydrogen-bond acceptors (Lipinski definition) is 8. The molecule has 3 fully saturated rings. The molecular weight excluding hydrogens is 665 g/mol. The lowest BCUT2D eigenvalue weighted by atomic mass is 9.57. The van der Waals surface area contributed by atoms with Crippen LogP contribution in [-0.2, 0) is 19.2 Å². The van der Waals surface area contributed by atoms with Crippen molar-refractivity contribution < 1.29 is 62.0 Å². The number of benzene rings is 3. The van der Waals surface area contributed by atoms with Crippen LogP contribution in [-0.4, -0.2) is 57.2 Å². The molecule has 1 saturated carbocycles. The van der Waals surface area contributed by atoms with E-state index in [0.29, 0.717) is 5.57 Å². The number of phenols is 1. The van der Waals surface area contributed by atoms with Crippen LogP contribution in [0.5, 0.6) is 11.5 Å². The van der Waals surface area contributed by atoms with Crippen molar-refractivity contribution >= 4 is 46.9 Å². The number of aromatic carboxylic acids is 2. The molecule has 3 N–H and O–H groups in total. The van der Waals surface area contributed by atoms with E-state index in [9.17, 15) is 57.3 Å². The van der Waals surface area contributed by atoms with Gasteiger partial charge in [0.2, 0.25) is 23.6 Å². The van der Waals surface area contributed by atoms with E-state index in [4.69, 9.17) is 0 Å². The lowest BCUT2D eigenvalue weighted by Gasteiger charge is -2.44. The molecule has 3 aromatic rings. The smallest absolute Gasteiger partial charge is 0.508 e. The molecule has 15 heteroatoms. The van der Waals surface area contributed by atoms with Gasteiger partial charge < -0.3 is 20.1 Å². The van der Waals surface area contributed by atoms with Gasteiger partial charge in [-0.15, -0.1) is 13.2 Å². The van der Waals surface area contributed by atoms with E-state index in [-0.39, 0.29) is 40.9 Å². The van der Waals surface area contributed by atoms with Gasteiger partial charge in [0.15, 0.2) is 0 Å². The number of imide groups is 2. The topological polar surface area (TPSA) is 179 Å². The maximum Gasteiger partial charge on any atom is 0.573 e. The molecule has 2 saturated heterocycles. The molecule has 2 aliphatic heterocycles. The Hall–Kier alpha value is -5.99. The number of halogens is 3. The summed E-state index contributed by atoms with van der Waals surface area (Å²) in [7, 11) is 0. The minimum Gasteiger partial charge on any atom is -0.508 e. The highest BCUT2D eigenvalue weighted by Crippen LogP contribution is 2.59. The number of phenolic OH excluding ortho intramolecular Hbond substituents is 1.